The molecule has 0 unspecified atom stereocenters. The molecule has 0 fully saturated rings. The normalized spacial score (nSPS) is 9.17. The summed E-state index contributed by atoms with van der Waals surface area (Å²) in [5, 5.41) is 0. The molecule has 0 nitrogen and oxygen atoms in total. The minimum absolute atomic E-state index is 0. The van der Waals surface area contributed by atoms with Crippen molar-refractivity contribution in [1.82, 2.24) is 0 Å². The Morgan fingerprint density at radius 3 is 2.25 bits per heavy atom. The molecule has 0 aliphatic rings. The van der Waals surface area contributed by atoms with Gasteiger partial charge in [0.1, 0.15) is 0 Å². The fourth-order valence-electron chi connectivity index (χ4n) is 1.09. The monoisotopic (exact) mass is 173 g/mol. The van der Waals surface area contributed by atoms with E-state index in [0.29, 0.717) is 0 Å². The summed E-state index contributed by atoms with van der Waals surface area (Å²) in [5.74, 6) is 0. The van der Waals surface area contributed by atoms with Gasteiger partial charge in [0.25, 0.3) is 0 Å². The molecule has 0 aliphatic heterocycles. The maximum Gasteiger partial charge on any atom is 0.316 e. The van der Waals surface area contributed by atoms with Crippen LogP contribution in [0.1, 0.15) is 30.9 Å². The van der Waals surface area contributed by atoms with Crippen LogP contribution in [0.2, 0.25) is 0 Å². The van der Waals surface area contributed by atoms with E-state index in [2.05, 4.69) is 38.1 Å². The molecule has 1 aromatic carbocycles. The average Bonchev–Trinajstić information content (AvgIpc) is 2.04. The quantitative estimate of drug-likeness (QED) is 0.616. The Kier molecular flexibility index (Phi) is 6.49. The Bertz CT molecular complexity index is 201. The van der Waals surface area contributed by atoms with Crippen molar-refractivity contribution in [2.24, 2.45) is 0 Å². The highest BCUT2D eigenvalue weighted by Gasteiger charge is 1.90. The number of aryl methyl sites for hydroxylation is 1. The van der Waals surface area contributed by atoms with Crippen LogP contribution in [0.25, 0.3) is 0 Å². The highest BCUT2D eigenvalue weighted by Crippen LogP contribution is 2.06. The van der Waals surface area contributed by atoms with E-state index in [0.717, 1.165) is 5.56 Å². The molecule has 0 saturated heterocycles. The third kappa shape index (κ3) is 4.12. The van der Waals surface area contributed by atoms with Crippen LogP contribution < -0.4 is 0 Å². The van der Waals surface area contributed by atoms with Crippen molar-refractivity contribution >= 4 is 23.1 Å². The van der Waals surface area contributed by atoms with Gasteiger partial charge < -0.3 is 0 Å². The summed E-state index contributed by atoms with van der Waals surface area (Å²) in [6.45, 7) is 6.06. The van der Waals surface area contributed by atoms with Gasteiger partial charge in [0.15, 0.2) is 0 Å². The third-order valence-electron chi connectivity index (χ3n) is 1.84. The van der Waals surface area contributed by atoms with Crippen LogP contribution in [0.3, 0.4) is 0 Å². The summed E-state index contributed by atoms with van der Waals surface area (Å²) in [5.41, 5.74) is 2.53. The van der Waals surface area contributed by atoms with E-state index in [4.69, 9.17) is 0 Å². The second-order valence-electron chi connectivity index (χ2n) is 2.92. The summed E-state index contributed by atoms with van der Waals surface area (Å²) < 4.78 is 0. The van der Waals surface area contributed by atoms with Crippen LogP contribution in [-0.4, -0.2) is 23.1 Å². The molecule has 0 spiro atoms. The molecule has 63 valence electrons. The van der Waals surface area contributed by atoms with Gasteiger partial charge in [-0.15, -0.1) is 0 Å². The second-order valence-corrected chi connectivity index (χ2v) is 2.92. The topological polar surface area (TPSA) is 0 Å². The highest BCUT2D eigenvalue weighted by molar-refractivity contribution is 5.75. The van der Waals surface area contributed by atoms with Gasteiger partial charge in [0.05, 0.1) is 0 Å². The third-order valence-corrected chi connectivity index (χ3v) is 1.84. The molecule has 1 heteroatoms. The Balaban J connectivity index is 0.00000121. The molecule has 0 aliphatic carbocycles. The first-order chi connectivity index (χ1) is 5.33. The Morgan fingerprint density at radius 1 is 1.17 bits per heavy atom. The van der Waals surface area contributed by atoms with Gasteiger partial charge in [0.2, 0.25) is 0 Å². The lowest BCUT2D eigenvalue weighted by atomic mass is 10.1. The molecule has 0 atom stereocenters. The summed E-state index contributed by atoms with van der Waals surface area (Å²) in [6.07, 6.45) is 3.76. The minimum Gasteiger partial charge on any atom is -0.0654 e. The molecular weight excluding hydrogens is 156 g/mol. The van der Waals surface area contributed by atoms with E-state index in [1.54, 1.807) is 0 Å². The molecule has 0 N–H and O–H groups in total. The summed E-state index contributed by atoms with van der Waals surface area (Å²) in [4.78, 5) is 0. The van der Waals surface area contributed by atoms with Gasteiger partial charge in [-0.1, -0.05) is 37.6 Å². The molecule has 0 bridgehead atoms. The molecule has 1 aromatic rings. The van der Waals surface area contributed by atoms with Crippen molar-refractivity contribution in [1.29, 1.82) is 0 Å². The minimum atomic E-state index is 0. The first-order valence-electron chi connectivity index (χ1n) is 4.24. The van der Waals surface area contributed by atoms with Gasteiger partial charge in [0, 0.05) is 0 Å². The van der Waals surface area contributed by atoms with Crippen molar-refractivity contribution in [2.75, 3.05) is 0 Å². The zero-order valence-corrected chi connectivity index (χ0v) is 7.14. The standard InChI is InChI=1S/C11H15.Mg.2H/c1-3-4-5-11-8-6-10(2)7-9-11;;;/h6-9H,2-5H2,1H3;;;. The van der Waals surface area contributed by atoms with Crippen molar-refractivity contribution < 1.29 is 0 Å². The number of hydrogen-bond donors (Lipinski definition) is 0. The predicted octanol–water partition coefficient (Wildman–Crippen LogP) is 2.30. The van der Waals surface area contributed by atoms with Crippen LogP contribution in [-0.2, 0) is 6.42 Å². The van der Waals surface area contributed by atoms with E-state index in [-0.39, 0.29) is 23.1 Å². The van der Waals surface area contributed by atoms with E-state index in [1.807, 2.05) is 0 Å². The lowest BCUT2D eigenvalue weighted by Gasteiger charge is -1.98. The van der Waals surface area contributed by atoms with Crippen LogP contribution in [0.4, 0.5) is 0 Å². The first kappa shape index (κ1) is 12.0. The lowest BCUT2D eigenvalue weighted by molar-refractivity contribution is 0.795. The van der Waals surface area contributed by atoms with Crippen molar-refractivity contribution in [3.63, 3.8) is 0 Å². The van der Waals surface area contributed by atoms with E-state index in [1.165, 1.54) is 24.8 Å². The molecule has 1 radical (unpaired) electrons. The molecule has 0 amide bonds. The SMILES string of the molecule is [CH2]c1ccc(CCCC)cc1.[MgH2]. The van der Waals surface area contributed by atoms with E-state index in [9.17, 15) is 0 Å². The molecule has 0 saturated carbocycles. The molecule has 0 heterocycles. The maximum absolute atomic E-state index is 3.84. The second kappa shape index (κ2) is 6.50. The zero-order chi connectivity index (χ0) is 8.10. The Hall–Kier alpha value is -0.0138. The highest BCUT2D eigenvalue weighted by atomic mass is 24.3. The van der Waals surface area contributed by atoms with Crippen LogP contribution in [0.5, 0.6) is 0 Å². The van der Waals surface area contributed by atoms with Crippen LogP contribution >= 0.6 is 0 Å². The van der Waals surface area contributed by atoms with Gasteiger partial charge in [-0.3, -0.25) is 0 Å². The van der Waals surface area contributed by atoms with Crippen molar-refractivity contribution in [3.8, 4) is 0 Å². The van der Waals surface area contributed by atoms with Crippen molar-refractivity contribution in [2.45, 2.75) is 26.2 Å². The number of unbranched alkanes of at least 4 members (excludes halogenated alkanes) is 1. The largest absolute Gasteiger partial charge is 0.316 e. The maximum atomic E-state index is 3.84. The number of hydrogen-bond acceptors (Lipinski definition) is 0. The number of benzene rings is 1. The van der Waals surface area contributed by atoms with Gasteiger partial charge in [-0.25, -0.2) is 0 Å². The van der Waals surface area contributed by atoms with Crippen LogP contribution in [0, 0.1) is 6.92 Å². The first-order valence-corrected chi connectivity index (χ1v) is 4.24. The fraction of sp³-hybridized carbons (Fsp3) is 0.364. The van der Waals surface area contributed by atoms with Gasteiger partial charge in [-0.05, 0) is 30.9 Å². The van der Waals surface area contributed by atoms with Gasteiger partial charge >= 0.3 is 23.1 Å². The number of rotatable bonds is 3. The molecule has 12 heavy (non-hydrogen) atoms. The van der Waals surface area contributed by atoms with Crippen molar-refractivity contribution in [3.05, 3.63) is 42.3 Å². The molecule has 0 aromatic heterocycles. The molecule has 1 rings (SSSR count). The average molecular weight is 174 g/mol. The Morgan fingerprint density at radius 2 is 1.75 bits per heavy atom. The smallest absolute Gasteiger partial charge is 0.0654 e. The lowest BCUT2D eigenvalue weighted by Crippen LogP contribution is -1.83. The summed E-state index contributed by atoms with van der Waals surface area (Å²) >= 11 is 0. The Labute approximate surface area is 91.5 Å². The summed E-state index contributed by atoms with van der Waals surface area (Å²) in [6, 6.07) is 8.48. The van der Waals surface area contributed by atoms with Gasteiger partial charge in [-0.2, -0.15) is 0 Å². The zero-order valence-electron chi connectivity index (χ0n) is 7.14. The van der Waals surface area contributed by atoms with Crippen LogP contribution in [0.15, 0.2) is 24.3 Å². The summed E-state index contributed by atoms with van der Waals surface area (Å²) in [7, 11) is 0. The molecular formula is C11H17Mg. The van der Waals surface area contributed by atoms with E-state index >= 15 is 0 Å². The predicted molar refractivity (Wildman–Crippen MR) is 58.1 cm³/mol. The van der Waals surface area contributed by atoms with E-state index < -0.39 is 0 Å². The fourth-order valence-corrected chi connectivity index (χ4v) is 1.09.